The van der Waals surface area contributed by atoms with Crippen molar-refractivity contribution in [2.75, 3.05) is 25.5 Å². The van der Waals surface area contributed by atoms with Crippen LogP contribution in [0.1, 0.15) is 25.7 Å². The Morgan fingerprint density at radius 1 is 1.53 bits per heavy atom. The molecule has 0 bridgehead atoms. The zero-order valence-corrected chi connectivity index (χ0v) is 9.96. The van der Waals surface area contributed by atoms with Gasteiger partial charge in [0.25, 0.3) is 0 Å². The molecule has 15 heavy (non-hydrogen) atoms. The molecule has 5 heteroatoms. The van der Waals surface area contributed by atoms with Crippen LogP contribution in [0.15, 0.2) is 6.33 Å². The third-order valence-corrected chi connectivity index (χ3v) is 3.67. The Morgan fingerprint density at radius 3 is 3.00 bits per heavy atom. The molecule has 1 aromatic heterocycles. The van der Waals surface area contributed by atoms with Gasteiger partial charge < -0.3 is 10.2 Å². The lowest BCUT2D eigenvalue weighted by atomic mass is 10.2. The van der Waals surface area contributed by atoms with E-state index in [0.717, 1.165) is 24.3 Å². The van der Waals surface area contributed by atoms with Crippen LogP contribution in [-0.4, -0.2) is 40.4 Å². The molecule has 1 saturated carbocycles. The number of hydrogen-bond acceptors (Lipinski definition) is 5. The first-order valence-electron chi connectivity index (χ1n) is 5.57. The first-order chi connectivity index (χ1) is 7.36. The maximum absolute atomic E-state index is 4.09. The van der Waals surface area contributed by atoms with E-state index in [0.29, 0.717) is 0 Å². The largest absolute Gasteiger partial charge is 0.359 e. The van der Waals surface area contributed by atoms with Gasteiger partial charge in [-0.25, -0.2) is 4.98 Å². The Labute approximate surface area is 94.9 Å². The Hall–Kier alpha value is -0.680. The van der Waals surface area contributed by atoms with Crippen molar-refractivity contribution in [3.8, 4) is 0 Å². The van der Waals surface area contributed by atoms with E-state index in [9.17, 15) is 0 Å². The molecule has 0 aromatic carbocycles. The first-order valence-corrected chi connectivity index (χ1v) is 6.34. The van der Waals surface area contributed by atoms with Crippen LogP contribution in [0.25, 0.3) is 0 Å². The lowest BCUT2D eigenvalue weighted by Gasteiger charge is -2.23. The number of rotatable bonds is 5. The zero-order chi connectivity index (χ0) is 10.5. The van der Waals surface area contributed by atoms with Crippen molar-refractivity contribution in [2.45, 2.75) is 31.7 Å². The highest BCUT2D eigenvalue weighted by molar-refractivity contribution is 7.09. The summed E-state index contributed by atoms with van der Waals surface area (Å²) in [5.74, 6) is 0. The van der Waals surface area contributed by atoms with Crippen molar-refractivity contribution >= 4 is 16.7 Å². The summed E-state index contributed by atoms with van der Waals surface area (Å²) in [7, 11) is 2.22. The summed E-state index contributed by atoms with van der Waals surface area (Å²) in [5.41, 5.74) is 0. The SMILES string of the molecule is CN(CCNc1ncns1)C1CCCC1. The first kappa shape index (κ1) is 10.8. The second-order valence-corrected chi connectivity index (χ2v) is 4.87. The molecule has 0 amide bonds. The van der Waals surface area contributed by atoms with Crippen molar-refractivity contribution in [2.24, 2.45) is 0 Å². The summed E-state index contributed by atoms with van der Waals surface area (Å²) in [5, 5.41) is 4.21. The quantitative estimate of drug-likeness (QED) is 0.831. The monoisotopic (exact) mass is 226 g/mol. The van der Waals surface area contributed by atoms with Crippen molar-refractivity contribution in [3.05, 3.63) is 6.33 Å². The minimum Gasteiger partial charge on any atom is -0.359 e. The van der Waals surface area contributed by atoms with Crippen molar-refractivity contribution < 1.29 is 0 Å². The van der Waals surface area contributed by atoms with E-state index < -0.39 is 0 Å². The Bertz CT molecular complexity index is 269. The molecular weight excluding hydrogens is 208 g/mol. The average Bonchev–Trinajstić information content (AvgIpc) is 2.90. The number of nitrogens with one attached hydrogen (secondary N) is 1. The van der Waals surface area contributed by atoms with E-state index in [1.165, 1.54) is 37.2 Å². The number of anilines is 1. The van der Waals surface area contributed by atoms with Crippen LogP contribution in [0, 0.1) is 0 Å². The maximum atomic E-state index is 4.09. The predicted octanol–water partition coefficient (Wildman–Crippen LogP) is 1.82. The Balaban J connectivity index is 1.64. The van der Waals surface area contributed by atoms with Crippen molar-refractivity contribution in [1.82, 2.24) is 14.3 Å². The molecule has 1 heterocycles. The van der Waals surface area contributed by atoms with Crippen LogP contribution in [0.3, 0.4) is 0 Å². The normalized spacial score (nSPS) is 17.5. The van der Waals surface area contributed by atoms with E-state index in [1.54, 1.807) is 6.33 Å². The molecule has 0 atom stereocenters. The summed E-state index contributed by atoms with van der Waals surface area (Å²) in [4.78, 5) is 6.55. The zero-order valence-electron chi connectivity index (χ0n) is 9.15. The van der Waals surface area contributed by atoms with Gasteiger partial charge >= 0.3 is 0 Å². The third kappa shape index (κ3) is 3.14. The van der Waals surface area contributed by atoms with Gasteiger partial charge in [-0.3, -0.25) is 0 Å². The summed E-state index contributed by atoms with van der Waals surface area (Å²) < 4.78 is 3.95. The number of nitrogens with zero attached hydrogens (tertiary/aromatic N) is 3. The molecule has 0 radical (unpaired) electrons. The van der Waals surface area contributed by atoms with Gasteiger partial charge in [-0.2, -0.15) is 4.37 Å². The van der Waals surface area contributed by atoms with E-state index in [4.69, 9.17) is 0 Å². The molecule has 1 aromatic rings. The molecule has 0 saturated heterocycles. The molecule has 1 fully saturated rings. The molecule has 4 nitrogen and oxygen atoms in total. The standard InChI is InChI=1S/C10H18N4S/c1-14(9-4-2-3-5-9)7-6-11-10-12-8-13-15-10/h8-9H,2-7H2,1H3,(H,11,12,13). The molecule has 0 aliphatic heterocycles. The molecule has 0 unspecified atom stereocenters. The van der Waals surface area contributed by atoms with Gasteiger partial charge in [0.1, 0.15) is 6.33 Å². The Morgan fingerprint density at radius 2 is 2.33 bits per heavy atom. The molecule has 0 spiro atoms. The van der Waals surface area contributed by atoms with Crippen LogP contribution in [0.4, 0.5) is 5.13 Å². The fourth-order valence-electron chi connectivity index (χ4n) is 2.12. The Kier molecular flexibility index (Phi) is 3.91. The van der Waals surface area contributed by atoms with E-state index in [1.807, 2.05) is 0 Å². The highest BCUT2D eigenvalue weighted by atomic mass is 32.1. The average molecular weight is 226 g/mol. The molecule has 1 N–H and O–H groups in total. The van der Waals surface area contributed by atoms with E-state index in [2.05, 4.69) is 26.6 Å². The lowest BCUT2D eigenvalue weighted by Crippen LogP contribution is -2.33. The summed E-state index contributed by atoms with van der Waals surface area (Å²) in [6.07, 6.45) is 7.13. The van der Waals surface area contributed by atoms with Gasteiger partial charge in [-0.1, -0.05) is 12.8 Å². The second kappa shape index (κ2) is 5.42. The topological polar surface area (TPSA) is 41.0 Å². The van der Waals surface area contributed by atoms with E-state index >= 15 is 0 Å². The van der Waals surface area contributed by atoms with E-state index in [-0.39, 0.29) is 0 Å². The molecule has 1 aliphatic rings. The van der Waals surface area contributed by atoms with Crippen LogP contribution in [-0.2, 0) is 0 Å². The van der Waals surface area contributed by atoms with Gasteiger partial charge in [-0.15, -0.1) is 0 Å². The number of hydrogen-bond donors (Lipinski definition) is 1. The summed E-state index contributed by atoms with van der Waals surface area (Å²) in [6, 6.07) is 0.807. The van der Waals surface area contributed by atoms with Gasteiger partial charge in [0.2, 0.25) is 5.13 Å². The highest BCUT2D eigenvalue weighted by Gasteiger charge is 2.18. The van der Waals surface area contributed by atoms with Crippen molar-refractivity contribution in [3.63, 3.8) is 0 Å². The summed E-state index contributed by atoms with van der Waals surface area (Å²) in [6.45, 7) is 2.05. The molecule has 84 valence electrons. The maximum Gasteiger partial charge on any atom is 0.202 e. The second-order valence-electron chi connectivity index (χ2n) is 4.09. The van der Waals surface area contributed by atoms with Gasteiger partial charge in [-0.05, 0) is 19.9 Å². The summed E-state index contributed by atoms with van der Waals surface area (Å²) >= 11 is 1.42. The van der Waals surface area contributed by atoms with Gasteiger partial charge in [0.15, 0.2) is 0 Å². The van der Waals surface area contributed by atoms with Crippen LogP contribution in [0.2, 0.25) is 0 Å². The smallest absolute Gasteiger partial charge is 0.202 e. The minimum atomic E-state index is 0.807. The van der Waals surface area contributed by atoms with Gasteiger partial charge in [0.05, 0.1) is 0 Å². The fraction of sp³-hybridized carbons (Fsp3) is 0.800. The van der Waals surface area contributed by atoms with Crippen molar-refractivity contribution in [1.29, 1.82) is 0 Å². The third-order valence-electron chi connectivity index (χ3n) is 3.05. The predicted molar refractivity (Wildman–Crippen MR) is 63.3 cm³/mol. The van der Waals surface area contributed by atoms with Crippen LogP contribution in [0.5, 0.6) is 0 Å². The molecular formula is C10H18N4S. The minimum absolute atomic E-state index is 0.807. The number of aromatic nitrogens is 2. The van der Waals surface area contributed by atoms with Gasteiger partial charge in [0, 0.05) is 30.7 Å². The fourth-order valence-corrected chi connectivity index (χ4v) is 2.57. The van der Waals surface area contributed by atoms with Crippen LogP contribution < -0.4 is 5.32 Å². The highest BCUT2D eigenvalue weighted by Crippen LogP contribution is 2.21. The molecule has 2 rings (SSSR count). The number of likely N-dealkylation sites (N-methyl/N-ethyl adjacent to an activating group) is 1. The van der Waals surface area contributed by atoms with Crippen LogP contribution >= 0.6 is 11.5 Å². The lowest BCUT2D eigenvalue weighted by molar-refractivity contribution is 0.254. The molecule has 1 aliphatic carbocycles.